The van der Waals surface area contributed by atoms with Crippen molar-refractivity contribution in [3.05, 3.63) is 0 Å². The van der Waals surface area contributed by atoms with E-state index in [1.165, 1.54) is 0 Å². The molecule has 104 valence electrons. The van der Waals surface area contributed by atoms with E-state index in [0.29, 0.717) is 25.6 Å². The van der Waals surface area contributed by atoms with Crippen molar-refractivity contribution in [1.29, 1.82) is 0 Å². The number of ether oxygens (including phenoxy) is 1. The smallest absolute Gasteiger partial charge is 0.154 e. The molecule has 0 aromatic carbocycles. The van der Waals surface area contributed by atoms with E-state index in [-0.39, 0.29) is 11.0 Å². The van der Waals surface area contributed by atoms with Crippen molar-refractivity contribution in [3.8, 4) is 0 Å². The molecule has 17 heavy (non-hydrogen) atoms. The first-order chi connectivity index (χ1) is 7.94. The molecule has 0 bridgehead atoms. The Morgan fingerprint density at radius 3 is 2.47 bits per heavy atom. The van der Waals surface area contributed by atoms with Crippen molar-refractivity contribution in [2.24, 2.45) is 0 Å². The van der Waals surface area contributed by atoms with Crippen LogP contribution in [0, 0.1) is 0 Å². The minimum Gasteiger partial charge on any atom is -0.385 e. The second-order valence-electron chi connectivity index (χ2n) is 4.62. The van der Waals surface area contributed by atoms with Gasteiger partial charge in [-0.2, -0.15) is 0 Å². The second kappa shape index (κ2) is 8.89. The fourth-order valence-corrected chi connectivity index (χ4v) is 2.91. The van der Waals surface area contributed by atoms with Gasteiger partial charge >= 0.3 is 0 Å². The van der Waals surface area contributed by atoms with E-state index in [0.717, 1.165) is 12.8 Å². The van der Waals surface area contributed by atoms with Gasteiger partial charge in [-0.25, -0.2) is 8.42 Å². The molecule has 0 amide bonds. The predicted molar refractivity (Wildman–Crippen MR) is 72.1 cm³/mol. The van der Waals surface area contributed by atoms with E-state index < -0.39 is 9.84 Å². The van der Waals surface area contributed by atoms with Crippen LogP contribution in [0.5, 0.6) is 0 Å². The number of hydrogen-bond donors (Lipinski definition) is 1. The fraction of sp³-hybridized carbons (Fsp3) is 1.00. The summed E-state index contributed by atoms with van der Waals surface area (Å²) in [6.45, 7) is 7.03. The molecular weight excluding hydrogens is 238 g/mol. The van der Waals surface area contributed by atoms with Gasteiger partial charge in [0.1, 0.15) is 0 Å². The summed E-state index contributed by atoms with van der Waals surface area (Å²) in [5.41, 5.74) is 0. The molecule has 2 atom stereocenters. The van der Waals surface area contributed by atoms with Crippen molar-refractivity contribution in [2.75, 3.05) is 26.0 Å². The first-order valence-electron chi connectivity index (χ1n) is 6.38. The third-order valence-corrected chi connectivity index (χ3v) is 5.12. The zero-order valence-corrected chi connectivity index (χ0v) is 12.3. The van der Waals surface area contributed by atoms with Crippen LogP contribution in [0.1, 0.15) is 40.0 Å². The van der Waals surface area contributed by atoms with Crippen molar-refractivity contribution in [2.45, 2.75) is 51.3 Å². The summed E-state index contributed by atoms with van der Waals surface area (Å²) >= 11 is 0. The summed E-state index contributed by atoms with van der Waals surface area (Å²) in [6.07, 6.45) is 2.77. The minimum atomic E-state index is -2.99. The van der Waals surface area contributed by atoms with Crippen LogP contribution in [0.2, 0.25) is 0 Å². The van der Waals surface area contributed by atoms with Crippen LogP contribution in [0.4, 0.5) is 0 Å². The summed E-state index contributed by atoms with van der Waals surface area (Å²) in [6, 6.07) is 0.386. The maximum Gasteiger partial charge on any atom is 0.154 e. The normalized spacial score (nSPS) is 15.8. The van der Waals surface area contributed by atoms with Crippen LogP contribution >= 0.6 is 0 Å². The second-order valence-corrected chi connectivity index (χ2v) is 7.16. The first-order valence-corrected chi connectivity index (χ1v) is 8.09. The van der Waals surface area contributed by atoms with Crippen molar-refractivity contribution < 1.29 is 13.2 Å². The fourth-order valence-electron chi connectivity index (χ4n) is 1.63. The predicted octanol–water partition coefficient (Wildman–Crippen LogP) is 1.60. The lowest BCUT2D eigenvalue weighted by Gasteiger charge is -2.17. The maximum atomic E-state index is 11.9. The SMILES string of the molecule is CCCC(C)NCC(C)S(=O)(=O)CCCOC. The maximum absolute atomic E-state index is 11.9. The molecule has 0 saturated carbocycles. The summed E-state index contributed by atoms with van der Waals surface area (Å²) in [5, 5.41) is 2.95. The van der Waals surface area contributed by atoms with E-state index in [2.05, 4.69) is 19.2 Å². The monoisotopic (exact) mass is 265 g/mol. The molecule has 0 aliphatic heterocycles. The topological polar surface area (TPSA) is 55.4 Å². The summed E-state index contributed by atoms with van der Waals surface area (Å²) < 4.78 is 28.6. The van der Waals surface area contributed by atoms with Gasteiger partial charge in [-0.3, -0.25) is 0 Å². The summed E-state index contributed by atoms with van der Waals surface area (Å²) in [5.74, 6) is 0.214. The van der Waals surface area contributed by atoms with Crippen molar-refractivity contribution in [3.63, 3.8) is 0 Å². The summed E-state index contributed by atoms with van der Waals surface area (Å²) in [4.78, 5) is 0. The first kappa shape index (κ1) is 16.9. The molecule has 5 heteroatoms. The molecule has 0 aliphatic carbocycles. The Morgan fingerprint density at radius 2 is 1.94 bits per heavy atom. The van der Waals surface area contributed by atoms with E-state index >= 15 is 0 Å². The number of hydrogen-bond acceptors (Lipinski definition) is 4. The Morgan fingerprint density at radius 1 is 1.29 bits per heavy atom. The quantitative estimate of drug-likeness (QED) is 0.610. The Kier molecular flexibility index (Phi) is 8.82. The summed E-state index contributed by atoms with van der Waals surface area (Å²) in [7, 11) is -1.40. The molecule has 0 saturated heterocycles. The lowest BCUT2D eigenvalue weighted by atomic mass is 10.2. The molecule has 2 unspecified atom stereocenters. The van der Waals surface area contributed by atoms with Crippen LogP contribution in [0.3, 0.4) is 0 Å². The molecule has 0 radical (unpaired) electrons. The van der Waals surface area contributed by atoms with Crippen molar-refractivity contribution in [1.82, 2.24) is 5.32 Å². The van der Waals surface area contributed by atoms with Gasteiger partial charge in [-0.1, -0.05) is 13.3 Å². The van der Waals surface area contributed by atoms with Gasteiger partial charge in [0, 0.05) is 26.3 Å². The zero-order chi connectivity index (χ0) is 13.3. The van der Waals surface area contributed by atoms with Gasteiger partial charge in [0.2, 0.25) is 0 Å². The van der Waals surface area contributed by atoms with E-state index in [9.17, 15) is 8.42 Å². The van der Waals surface area contributed by atoms with Crippen LogP contribution in [-0.2, 0) is 14.6 Å². The highest BCUT2D eigenvalue weighted by atomic mass is 32.2. The van der Waals surface area contributed by atoms with E-state index in [4.69, 9.17) is 4.74 Å². The van der Waals surface area contributed by atoms with E-state index in [1.54, 1.807) is 14.0 Å². The minimum absolute atomic E-state index is 0.214. The van der Waals surface area contributed by atoms with Crippen LogP contribution in [0.25, 0.3) is 0 Å². The third kappa shape index (κ3) is 7.73. The molecule has 0 fully saturated rings. The number of nitrogens with one attached hydrogen (secondary N) is 1. The van der Waals surface area contributed by atoms with Gasteiger partial charge in [-0.15, -0.1) is 0 Å². The molecule has 0 aliphatic rings. The molecular formula is C12H27NO3S. The largest absolute Gasteiger partial charge is 0.385 e. The van der Waals surface area contributed by atoms with Gasteiger partial charge in [0.05, 0.1) is 11.0 Å². The molecule has 0 heterocycles. The molecule has 0 rings (SSSR count). The average Bonchev–Trinajstić information content (AvgIpc) is 2.26. The lowest BCUT2D eigenvalue weighted by Crippen LogP contribution is -2.37. The third-order valence-electron chi connectivity index (χ3n) is 2.87. The van der Waals surface area contributed by atoms with Crippen molar-refractivity contribution >= 4 is 9.84 Å². The zero-order valence-electron chi connectivity index (χ0n) is 11.5. The van der Waals surface area contributed by atoms with Gasteiger partial charge in [0.15, 0.2) is 9.84 Å². The van der Waals surface area contributed by atoms with Gasteiger partial charge in [0.25, 0.3) is 0 Å². The van der Waals surface area contributed by atoms with E-state index in [1.807, 2.05) is 0 Å². The average molecular weight is 265 g/mol. The Labute approximate surface area is 106 Å². The Bertz CT molecular complexity index is 277. The number of sulfone groups is 1. The molecule has 4 nitrogen and oxygen atoms in total. The number of rotatable bonds is 10. The Hall–Kier alpha value is -0.130. The lowest BCUT2D eigenvalue weighted by molar-refractivity contribution is 0.199. The van der Waals surface area contributed by atoms with Crippen LogP contribution in [-0.4, -0.2) is 45.7 Å². The van der Waals surface area contributed by atoms with Crippen LogP contribution in [0.15, 0.2) is 0 Å². The Balaban J connectivity index is 3.98. The molecule has 1 N–H and O–H groups in total. The highest BCUT2D eigenvalue weighted by Crippen LogP contribution is 2.04. The van der Waals surface area contributed by atoms with Gasteiger partial charge < -0.3 is 10.1 Å². The highest BCUT2D eigenvalue weighted by Gasteiger charge is 2.20. The number of methoxy groups -OCH3 is 1. The molecule has 0 spiro atoms. The standard InChI is InChI=1S/C12H27NO3S/c1-5-7-11(2)13-10-12(3)17(14,15)9-6-8-16-4/h11-13H,5-10H2,1-4H3. The highest BCUT2D eigenvalue weighted by molar-refractivity contribution is 7.92. The van der Waals surface area contributed by atoms with Gasteiger partial charge in [-0.05, 0) is 26.7 Å². The molecule has 0 aromatic heterocycles. The molecule has 0 aromatic rings. The van der Waals surface area contributed by atoms with Crippen LogP contribution < -0.4 is 5.32 Å².